The van der Waals surface area contributed by atoms with Crippen molar-refractivity contribution < 1.29 is 9.53 Å². The van der Waals surface area contributed by atoms with Gasteiger partial charge in [0.2, 0.25) is 0 Å². The molecule has 0 aliphatic heterocycles. The summed E-state index contributed by atoms with van der Waals surface area (Å²) in [5.41, 5.74) is 0.287. The minimum absolute atomic E-state index is 0.207. The summed E-state index contributed by atoms with van der Waals surface area (Å²) in [6.07, 6.45) is 0. The first kappa shape index (κ1) is 12.9. The number of nitrogens with zero attached hydrogens (tertiary/aromatic N) is 1. The van der Waals surface area contributed by atoms with Crippen LogP contribution in [0.4, 0.5) is 0 Å². The molecule has 4 nitrogen and oxygen atoms in total. The van der Waals surface area contributed by atoms with Crippen LogP contribution in [0.3, 0.4) is 0 Å². The summed E-state index contributed by atoms with van der Waals surface area (Å²) in [6.45, 7) is 0. The molecular weight excluding hydrogens is 321 g/mol. The Morgan fingerprint density at radius 2 is 1.80 bits per heavy atom. The van der Waals surface area contributed by atoms with Crippen LogP contribution in [-0.2, 0) is 0 Å². The predicted molar refractivity (Wildman–Crippen MR) is 77.9 cm³/mol. The average Bonchev–Trinajstić information content (AvgIpc) is 2.84. The van der Waals surface area contributed by atoms with Gasteiger partial charge in [-0.1, -0.05) is 0 Å². The van der Waals surface area contributed by atoms with Crippen molar-refractivity contribution in [3.63, 3.8) is 0 Å². The Hall–Kier alpha value is -2.10. The Labute approximate surface area is 121 Å². The number of carbonyl (C=O) groups is 1. The number of hydrogen-bond acceptors (Lipinski definition) is 3. The van der Waals surface area contributed by atoms with Crippen molar-refractivity contribution in [1.82, 2.24) is 3.56 Å². The van der Waals surface area contributed by atoms with Gasteiger partial charge in [-0.05, 0) is 0 Å². The van der Waals surface area contributed by atoms with Gasteiger partial charge in [0.25, 0.3) is 0 Å². The van der Waals surface area contributed by atoms with Crippen molar-refractivity contribution in [2.24, 2.45) is 0 Å². The van der Waals surface area contributed by atoms with Gasteiger partial charge in [0.15, 0.2) is 0 Å². The molecule has 20 heavy (non-hydrogen) atoms. The number of carbonyl (C=O) groups excluding carboxylic acids is 1. The van der Waals surface area contributed by atoms with Crippen LogP contribution in [0.25, 0.3) is 9.65 Å². The SMILES string of the molecule is COc1ccc(C(=O)n2[se]c3ccccc3c2=O)cc1. The average molecular weight is 332 g/mol. The predicted octanol–water partition coefficient (Wildman–Crippen LogP) is 1.76. The van der Waals surface area contributed by atoms with Crippen LogP contribution >= 0.6 is 0 Å². The number of hydrogen-bond donors (Lipinski definition) is 0. The molecule has 3 rings (SSSR count). The van der Waals surface area contributed by atoms with E-state index in [-0.39, 0.29) is 26.2 Å². The van der Waals surface area contributed by atoms with Crippen molar-refractivity contribution >= 4 is 30.3 Å². The van der Waals surface area contributed by atoms with E-state index in [1.54, 1.807) is 37.4 Å². The van der Waals surface area contributed by atoms with Gasteiger partial charge in [-0.25, -0.2) is 0 Å². The topological polar surface area (TPSA) is 48.3 Å². The first-order valence-corrected chi connectivity index (χ1v) is 7.63. The third-order valence-corrected chi connectivity index (χ3v) is 5.25. The van der Waals surface area contributed by atoms with Gasteiger partial charge in [0.1, 0.15) is 0 Å². The molecule has 0 unspecified atom stereocenters. The minimum atomic E-state index is -0.287. The van der Waals surface area contributed by atoms with Gasteiger partial charge in [-0.3, -0.25) is 0 Å². The Bertz CT molecular complexity index is 830. The zero-order valence-electron chi connectivity index (χ0n) is 10.7. The molecule has 1 aromatic heterocycles. The van der Waals surface area contributed by atoms with Gasteiger partial charge >= 0.3 is 121 Å². The van der Waals surface area contributed by atoms with E-state index in [2.05, 4.69) is 0 Å². The monoisotopic (exact) mass is 333 g/mol. The number of fused-ring (bicyclic) bond motifs is 1. The molecule has 0 saturated carbocycles. The molecule has 100 valence electrons. The molecule has 0 radical (unpaired) electrons. The quantitative estimate of drug-likeness (QED) is 0.672. The summed E-state index contributed by atoms with van der Waals surface area (Å²) in [4.78, 5) is 24.6. The molecular formula is C15H11NO3Se. The molecule has 0 fully saturated rings. The fourth-order valence-corrected chi connectivity index (χ4v) is 3.97. The van der Waals surface area contributed by atoms with Crippen LogP contribution in [0.15, 0.2) is 53.3 Å². The van der Waals surface area contributed by atoms with E-state index >= 15 is 0 Å². The standard InChI is InChI=1S/C15H11NO3Se/c1-19-11-8-6-10(7-9-11)14(17)16-15(18)12-4-2-3-5-13(12)20-16/h2-9H,1H3. The Morgan fingerprint density at radius 1 is 1.10 bits per heavy atom. The first-order valence-electron chi connectivity index (χ1n) is 6.00. The van der Waals surface area contributed by atoms with Gasteiger partial charge < -0.3 is 0 Å². The van der Waals surface area contributed by atoms with Crippen molar-refractivity contribution in [3.8, 4) is 5.75 Å². The fourth-order valence-electron chi connectivity index (χ4n) is 1.96. The summed E-state index contributed by atoms with van der Waals surface area (Å²) in [5.74, 6) is 0.428. The normalized spacial score (nSPS) is 10.7. The molecule has 0 atom stereocenters. The molecule has 0 saturated heterocycles. The van der Waals surface area contributed by atoms with Crippen LogP contribution in [0.2, 0.25) is 0 Å². The summed E-state index contributed by atoms with van der Waals surface area (Å²) in [7, 11) is 1.57. The van der Waals surface area contributed by atoms with E-state index in [0.717, 1.165) is 4.26 Å². The third-order valence-electron chi connectivity index (χ3n) is 3.01. The molecule has 1 heterocycles. The maximum absolute atomic E-state index is 12.4. The first-order chi connectivity index (χ1) is 9.70. The second kappa shape index (κ2) is 5.12. The van der Waals surface area contributed by atoms with Crippen LogP contribution in [0.1, 0.15) is 10.4 Å². The van der Waals surface area contributed by atoms with Gasteiger partial charge in [0, 0.05) is 0 Å². The van der Waals surface area contributed by atoms with Crippen LogP contribution in [0, 0.1) is 0 Å². The molecule has 2 aromatic carbocycles. The zero-order valence-corrected chi connectivity index (χ0v) is 12.4. The number of ether oxygens (including phenoxy) is 1. The van der Waals surface area contributed by atoms with Crippen LogP contribution in [0.5, 0.6) is 5.75 Å². The fraction of sp³-hybridized carbons (Fsp3) is 0.0667. The molecule has 0 bridgehead atoms. The van der Waals surface area contributed by atoms with E-state index in [1.807, 2.05) is 18.2 Å². The van der Waals surface area contributed by atoms with E-state index in [9.17, 15) is 9.59 Å². The molecule has 0 aliphatic rings. The third kappa shape index (κ3) is 2.11. The van der Waals surface area contributed by atoms with E-state index in [4.69, 9.17) is 4.74 Å². The van der Waals surface area contributed by atoms with Gasteiger partial charge in [-0.2, -0.15) is 0 Å². The second-order valence-electron chi connectivity index (χ2n) is 4.22. The van der Waals surface area contributed by atoms with Crippen LogP contribution in [-0.4, -0.2) is 31.3 Å². The zero-order chi connectivity index (χ0) is 14.1. The summed E-state index contributed by atoms with van der Waals surface area (Å²) in [5, 5.41) is 0.634. The van der Waals surface area contributed by atoms with Crippen molar-refractivity contribution in [3.05, 3.63) is 64.4 Å². The van der Waals surface area contributed by atoms with Crippen LogP contribution < -0.4 is 10.3 Å². The van der Waals surface area contributed by atoms with Gasteiger partial charge in [-0.15, -0.1) is 0 Å². The molecule has 0 spiro atoms. The Morgan fingerprint density at radius 3 is 2.45 bits per heavy atom. The van der Waals surface area contributed by atoms with Crippen molar-refractivity contribution in [2.75, 3.05) is 7.11 Å². The van der Waals surface area contributed by atoms with Crippen molar-refractivity contribution in [1.29, 1.82) is 0 Å². The molecule has 0 amide bonds. The molecule has 0 N–H and O–H groups in total. The molecule has 5 heteroatoms. The second-order valence-corrected chi connectivity index (χ2v) is 6.29. The Balaban J connectivity index is 2.07. The number of rotatable bonds is 2. The Kier molecular flexibility index (Phi) is 3.30. The van der Waals surface area contributed by atoms with E-state index < -0.39 is 0 Å². The summed E-state index contributed by atoms with van der Waals surface area (Å²) < 4.78 is 7.34. The van der Waals surface area contributed by atoms with Crippen molar-refractivity contribution in [2.45, 2.75) is 0 Å². The van der Waals surface area contributed by atoms with E-state index in [1.165, 1.54) is 3.56 Å². The maximum atomic E-state index is 12.4. The molecule has 3 aromatic rings. The van der Waals surface area contributed by atoms with E-state index in [0.29, 0.717) is 16.7 Å². The number of aromatic nitrogens is 1. The molecule has 0 aliphatic carbocycles. The number of benzene rings is 2. The summed E-state index contributed by atoms with van der Waals surface area (Å²) in [6, 6.07) is 14.1. The summed E-state index contributed by atoms with van der Waals surface area (Å²) >= 11 is -0.287. The van der Waals surface area contributed by atoms with Gasteiger partial charge in [0.05, 0.1) is 0 Å². The number of methoxy groups -OCH3 is 1.